The van der Waals surface area contributed by atoms with Gasteiger partial charge in [-0.15, -0.1) is 0 Å². The first-order valence-electron chi connectivity index (χ1n) is 10.4. The van der Waals surface area contributed by atoms with E-state index in [0.29, 0.717) is 18.9 Å². The summed E-state index contributed by atoms with van der Waals surface area (Å²) in [5.41, 5.74) is -1.59. The minimum absolute atomic E-state index is 0.0303. The van der Waals surface area contributed by atoms with Gasteiger partial charge >= 0.3 is 0 Å². The molecule has 2 fully saturated rings. The van der Waals surface area contributed by atoms with Crippen LogP contribution in [0.4, 0.5) is 29.1 Å². The number of H-pyrrole nitrogens is 1. The maximum atomic E-state index is 15.0. The molecule has 1 saturated heterocycles. The number of halogens is 4. The maximum Gasteiger partial charge on any atom is 0.297 e. The van der Waals surface area contributed by atoms with Crippen molar-refractivity contribution in [2.24, 2.45) is 0 Å². The van der Waals surface area contributed by atoms with Gasteiger partial charge in [0.05, 0.1) is 23.0 Å². The Morgan fingerprint density at radius 1 is 1.06 bits per heavy atom. The van der Waals surface area contributed by atoms with Crippen molar-refractivity contribution in [2.45, 2.75) is 23.5 Å². The average molecular weight is 510 g/mol. The minimum Gasteiger partial charge on any atom is -0.350 e. The summed E-state index contributed by atoms with van der Waals surface area (Å²) < 4.78 is 83.8. The van der Waals surface area contributed by atoms with E-state index in [2.05, 4.69) is 24.9 Å². The second-order valence-corrected chi connectivity index (χ2v) is 9.91. The number of nitrogens with one attached hydrogen (secondary N) is 3. The first kappa shape index (κ1) is 23.0. The summed E-state index contributed by atoms with van der Waals surface area (Å²) in [6.07, 6.45) is 3.05. The Balaban J connectivity index is 1.45. The third kappa shape index (κ3) is 4.15. The highest BCUT2D eigenvalue weighted by atomic mass is 32.2. The van der Waals surface area contributed by atoms with Crippen molar-refractivity contribution in [1.82, 2.24) is 25.1 Å². The zero-order chi connectivity index (χ0) is 25.0. The van der Waals surface area contributed by atoms with E-state index in [4.69, 9.17) is 5.41 Å². The number of benzene rings is 1. The molecule has 0 unspecified atom stereocenters. The van der Waals surface area contributed by atoms with Crippen molar-refractivity contribution >= 4 is 27.4 Å². The smallest absolute Gasteiger partial charge is 0.297 e. The summed E-state index contributed by atoms with van der Waals surface area (Å²) in [5.74, 6) is -4.19. The van der Waals surface area contributed by atoms with Crippen LogP contribution in [-0.2, 0) is 10.0 Å². The Hall–Kier alpha value is -3.75. The van der Waals surface area contributed by atoms with Gasteiger partial charge in [0.1, 0.15) is 29.6 Å². The number of anilines is 2. The van der Waals surface area contributed by atoms with Crippen LogP contribution in [0.3, 0.4) is 0 Å². The van der Waals surface area contributed by atoms with Crippen LogP contribution in [0.2, 0.25) is 0 Å². The highest BCUT2D eigenvalue weighted by Gasteiger charge is 2.53. The molecule has 0 radical (unpaired) electrons. The predicted molar refractivity (Wildman–Crippen MR) is 115 cm³/mol. The van der Waals surface area contributed by atoms with Crippen LogP contribution in [-0.4, -0.2) is 64.5 Å². The summed E-state index contributed by atoms with van der Waals surface area (Å²) in [6, 6.07) is 2.06. The topological polar surface area (TPSA) is 131 Å². The number of sulfonamides is 1. The summed E-state index contributed by atoms with van der Waals surface area (Å²) in [6.45, 7) is 0.553. The lowest BCUT2D eigenvalue weighted by atomic mass is 10.0. The molecule has 3 heterocycles. The number of pyridine rings is 1. The molecule has 2 aliphatic rings. The number of piperazine rings is 1. The van der Waals surface area contributed by atoms with E-state index in [1.807, 2.05) is 0 Å². The van der Waals surface area contributed by atoms with Gasteiger partial charge in [0.25, 0.3) is 15.2 Å². The molecule has 184 valence electrons. The van der Waals surface area contributed by atoms with Crippen molar-refractivity contribution in [3.8, 4) is 0 Å². The van der Waals surface area contributed by atoms with Crippen LogP contribution in [0.5, 0.6) is 0 Å². The van der Waals surface area contributed by atoms with Gasteiger partial charge in [-0.25, -0.2) is 32.6 Å². The van der Waals surface area contributed by atoms with Gasteiger partial charge in [0.2, 0.25) is 0 Å². The Labute approximate surface area is 196 Å². The largest absolute Gasteiger partial charge is 0.350 e. The number of amidine groups is 1. The molecule has 15 heteroatoms. The number of hydrogen-bond donors (Lipinski definition) is 3. The van der Waals surface area contributed by atoms with E-state index in [0.717, 1.165) is 24.7 Å². The lowest BCUT2D eigenvalue weighted by Crippen LogP contribution is -2.57. The molecule has 0 atom stereocenters. The molecule has 5 rings (SSSR count). The monoisotopic (exact) mass is 510 g/mol. The highest BCUT2D eigenvalue weighted by Crippen LogP contribution is 2.46. The third-order valence-electron chi connectivity index (χ3n) is 6.02. The van der Waals surface area contributed by atoms with E-state index in [9.17, 15) is 26.0 Å². The van der Waals surface area contributed by atoms with Gasteiger partial charge in [-0.05, 0) is 18.9 Å². The Morgan fingerprint density at radius 3 is 2.46 bits per heavy atom. The van der Waals surface area contributed by atoms with Crippen LogP contribution in [0.15, 0.2) is 35.9 Å². The molecule has 3 N–H and O–H groups in total. The summed E-state index contributed by atoms with van der Waals surface area (Å²) in [4.78, 5) is 10.6. The van der Waals surface area contributed by atoms with Crippen molar-refractivity contribution in [3.63, 3.8) is 0 Å². The maximum absolute atomic E-state index is 15.0. The van der Waals surface area contributed by atoms with Crippen molar-refractivity contribution in [1.29, 1.82) is 5.41 Å². The highest BCUT2D eigenvalue weighted by molar-refractivity contribution is 7.92. The van der Waals surface area contributed by atoms with Gasteiger partial charge in [0, 0.05) is 31.8 Å². The zero-order valence-electron chi connectivity index (χ0n) is 17.9. The van der Waals surface area contributed by atoms with Crippen LogP contribution < -0.4 is 9.62 Å². The Morgan fingerprint density at radius 2 is 1.80 bits per heavy atom. The molecular formula is C20H18F4N8O2S. The van der Waals surface area contributed by atoms with Crippen LogP contribution >= 0.6 is 0 Å². The molecule has 1 aromatic carbocycles. The van der Waals surface area contributed by atoms with Gasteiger partial charge in [0.15, 0.2) is 11.6 Å². The standard InChI is InChI=1S/C20H18F4N8O2S/c21-11-5-13(23)16(15(7-11)30-35(33,34)19-27-10-28-29-19)17(25)32-4-3-31(9-20(32)1-2-20)18-14(24)6-12(22)8-26-18/h5-8,10,25,30H,1-4,9H2,(H,27,28,29). The summed E-state index contributed by atoms with van der Waals surface area (Å²) in [5, 5.41) is 13.8. The fourth-order valence-corrected chi connectivity index (χ4v) is 5.17. The fraction of sp³-hybridized carbons (Fsp3) is 0.300. The van der Waals surface area contributed by atoms with Gasteiger partial charge in [-0.2, -0.15) is 13.5 Å². The van der Waals surface area contributed by atoms with Crippen LogP contribution in [0.1, 0.15) is 18.4 Å². The minimum atomic E-state index is -4.37. The SMILES string of the molecule is N=C(c1c(F)cc(F)cc1NS(=O)(=O)c1ncn[nH]1)N1CCN(c2ncc(F)cc2F)CC12CC2. The zero-order valence-corrected chi connectivity index (χ0v) is 18.7. The predicted octanol–water partition coefficient (Wildman–Crippen LogP) is 2.24. The fourth-order valence-electron chi connectivity index (χ4n) is 4.27. The number of rotatable bonds is 5. The molecule has 1 aliphatic carbocycles. The van der Waals surface area contributed by atoms with Crippen molar-refractivity contribution < 1.29 is 26.0 Å². The van der Waals surface area contributed by atoms with E-state index < -0.39 is 55.2 Å². The molecular weight excluding hydrogens is 492 g/mol. The molecule has 10 nitrogen and oxygen atoms in total. The number of nitrogens with zero attached hydrogens (tertiary/aromatic N) is 5. The number of aromatic amines is 1. The van der Waals surface area contributed by atoms with Crippen LogP contribution in [0.25, 0.3) is 0 Å². The summed E-state index contributed by atoms with van der Waals surface area (Å²) >= 11 is 0. The molecule has 1 saturated carbocycles. The Kier molecular flexibility index (Phi) is 5.38. The number of aromatic nitrogens is 4. The third-order valence-corrected chi connectivity index (χ3v) is 7.21. The molecule has 0 amide bonds. The Bertz CT molecular complexity index is 1410. The lowest BCUT2D eigenvalue weighted by molar-refractivity contribution is 0.257. The molecule has 1 aliphatic heterocycles. The van der Waals surface area contributed by atoms with E-state index in [-0.39, 0.29) is 31.3 Å². The van der Waals surface area contributed by atoms with E-state index in [1.54, 1.807) is 9.80 Å². The normalized spacial score (nSPS) is 17.0. The van der Waals surface area contributed by atoms with Crippen molar-refractivity contribution in [2.75, 3.05) is 29.3 Å². The van der Waals surface area contributed by atoms with E-state index >= 15 is 0 Å². The molecule has 3 aromatic rings. The van der Waals surface area contributed by atoms with Gasteiger partial charge in [-0.3, -0.25) is 10.1 Å². The second-order valence-electron chi connectivity index (χ2n) is 8.31. The van der Waals surface area contributed by atoms with Gasteiger partial charge in [-0.1, -0.05) is 0 Å². The molecule has 0 bridgehead atoms. The lowest BCUT2D eigenvalue weighted by Gasteiger charge is -2.44. The summed E-state index contributed by atoms with van der Waals surface area (Å²) in [7, 11) is -4.37. The first-order chi connectivity index (χ1) is 16.6. The quantitative estimate of drug-likeness (QED) is 0.273. The molecule has 2 aromatic heterocycles. The molecule has 1 spiro atoms. The molecule has 35 heavy (non-hydrogen) atoms. The van der Waals surface area contributed by atoms with E-state index in [1.165, 1.54) is 0 Å². The van der Waals surface area contributed by atoms with Crippen molar-refractivity contribution in [3.05, 3.63) is 59.6 Å². The van der Waals surface area contributed by atoms with Crippen LogP contribution in [0, 0.1) is 28.7 Å². The first-order valence-corrected chi connectivity index (χ1v) is 11.9. The second kappa shape index (κ2) is 8.18. The van der Waals surface area contributed by atoms with Gasteiger partial charge < -0.3 is 9.80 Å². The number of hydrogen-bond acceptors (Lipinski definition) is 7. The average Bonchev–Trinajstić information content (AvgIpc) is 3.29.